The van der Waals surface area contributed by atoms with Crippen molar-refractivity contribution in [1.82, 2.24) is 0 Å². The van der Waals surface area contributed by atoms with Crippen LogP contribution in [-0.2, 0) is 4.79 Å². The third-order valence-corrected chi connectivity index (χ3v) is 1.45. The van der Waals surface area contributed by atoms with Crippen LogP contribution >= 0.6 is 0 Å². The molecule has 14 heavy (non-hydrogen) atoms. The van der Waals surface area contributed by atoms with Gasteiger partial charge in [0.2, 0.25) is 0 Å². The smallest absolute Gasteiger partial charge is 0.548 e. The molecule has 0 aliphatic rings. The minimum absolute atomic E-state index is 0. The minimum atomic E-state index is -1.24. The predicted octanol–water partition coefficient (Wildman–Crippen LogP) is -3.85. The van der Waals surface area contributed by atoms with Crippen LogP contribution in [0.1, 0.15) is 5.56 Å². The number of rotatable bonds is 3. The Kier molecular flexibility index (Phi) is 6.19. The molecule has 0 spiro atoms. The van der Waals surface area contributed by atoms with Crippen LogP contribution in [0.4, 0.5) is 0 Å². The van der Waals surface area contributed by atoms with Crippen molar-refractivity contribution in [3.8, 4) is 0 Å². The van der Waals surface area contributed by atoms with Gasteiger partial charge < -0.3 is 15.6 Å². The summed E-state index contributed by atoms with van der Waals surface area (Å²) in [4.78, 5) is 13.7. The zero-order chi connectivity index (χ0) is 9.68. The van der Waals surface area contributed by atoms with E-state index < -0.39 is 12.5 Å². The van der Waals surface area contributed by atoms with Gasteiger partial charge in [-0.25, -0.2) is 0 Å². The Balaban J connectivity index is 0.00000169. The number of carbonyl (C=O) groups is 1. The van der Waals surface area contributed by atoms with Crippen LogP contribution in [-0.4, -0.2) is 18.3 Å². The van der Waals surface area contributed by atoms with Crippen LogP contribution in [0.3, 0.4) is 0 Å². The second-order valence-corrected chi connectivity index (χ2v) is 2.44. The van der Waals surface area contributed by atoms with Crippen LogP contribution in [0.5, 0.6) is 0 Å². The van der Waals surface area contributed by atoms with Gasteiger partial charge in [-0.2, -0.15) is 0 Å². The monoisotopic (exact) mass is 200 g/mol. The summed E-state index contributed by atoms with van der Waals surface area (Å²) >= 11 is 0. The van der Waals surface area contributed by atoms with E-state index in [-0.39, 0.29) is 35.4 Å². The van der Waals surface area contributed by atoms with Gasteiger partial charge in [0, 0.05) is 5.56 Å². The van der Waals surface area contributed by atoms with E-state index in [9.17, 15) is 9.90 Å². The van der Waals surface area contributed by atoms with Gasteiger partial charge in [0.15, 0.2) is 0 Å². The van der Waals surface area contributed by atoms with Crippen molar-refractivity contribution in [2.45, 2.75) is 0 Å². The summed E-state index contributed by atoms with van der Waals surface area (Å²) in [7, 11) is 0. The summed E-state index contributed by atoms with van der Waals surface area (Å²) in [6.45, 7) is -0.402. The summed E-state index contributed by atoms with van der Waals surface area (Å²) in [6.07, 6.45) is 0. The minimum Gasteiger partial charge on any atom is -0.548 e. The van der Waals surface area contributed by atoms with Gasteiger partial charge in [-0.3, -0.25) is 4.99 Å². The molecule has 2 N–H and O–H groups in total. The number of aliphatic carboxylic acids is 1. The molecule has 0 heterocycles. The van der Waals surface area contributed by atoms with Gasteiger partial charge in [-0.15, -0.1) is 0 Å². The number of aliphatic imine (C=N–C) groups is 1. The Morgan fingerprint density at radius 1 is 1.36 bits per heavy atom. The predicted molar refractivity (Wildman–Crippen MR) is 47.0 cm³/mol. The summed E-state index contributed by atoms with van der Waals surface area (Å²) in [6, 6.07) is 8.96. The number of hydrogen-bond donors (Lipinski definition) is 1. The van der Waals surface area contributed by atoms with Crippen molar-refractivity contribution in [3.63, 3.8) is 0 Å². The maximum Gasteiger partial charge on any atom is 1.00 e. The standard InChI is InChI=1S/C9H10N2O2.Na/c10-9(11-6-8(12)13)7-4-2-1-3-5-7;/h1-5H,6H2,(H2,10,11)(H,12,13);/q;+1/p-1. The molecular formula is C9H9N2NaO2. The fourth-order valence-corrected chi connectivity index (χ4v) is 0.850. The van der Waals surface area contributed by atoms with E-state index in [0.29, 0.717) is 5.56 Å². The first-order valence-electron chi connectivity index (χ1n) is 3.75. The van der Waals surface area contributed by atoms with E-state index in [2.05, 4.69) is 4.99 Å². The second-order valence-electron chi connectivity index (χ2n) is 2.44. The number of carboxylic acid groups (broad SMARTS) is 1. The first-order chi connectivity index (χ1) is 6.20. The second kappa shape index (κ2) is 6.59. The summed E-state index contributed by atoms with van der Waals surface area (Å²) in [5, 5.41) is 10.1. The third kappa shape index (κ3) is 4.41. The van der Waals surface area contributed by atoms with Crippen molar-refractivity contribution in [2.75, 3.05) is 6.54 Å². The van der Waals surface area contributed by atoms with Gasteiger partial charge in [0.1, 0.15) is 5.84 Å². The average Bonchev–Trinajstić information content (AvgIpc) is 2.15. The number of nitrogens with zero attached hydrogens (tertiary/aromatic N) is 1. The molecule has 1 aromatic carbocycles. The van der Waals surface area contributed by atoms with Gasteiger partial charge >= 0.3 is 29.6 Å². The number of benzene rings is 1. The molecule has 0 fully saturated rings. The SMILES string of the molecule is NC(=NCC(=O)[O-])c1ccccc1.[Na+]. The molecule has 0 aliphatic heterocycles. The first-order valence-corrected chi connectivity index (χ1v) is 3.75. The quantitative estimate of drug-likeness (QED) is 0.308. The average molecular weight is 200 g/mol. The largest absolute Gasteiger partial charge is 1.00 e. The number of carboxylic acids is 1. The number of nitrogens with two attached hydrogens (primary N) is 1. The van der Waals surface area contributed by atoms with E-state index in [1.165, 1.54) is 0 Å². The Morgan fingerprint density at radius 3 is 2.43 bits per heavy atom. The molecule has 0 bridgehead atoms. The topological polar surface area (TPSA) is 78.5 Å². The van der Waals surface area contributed by atoms with Gasteiger partial charge in [-0.1, -0.05) is 30.3 Å². The van der Waals surface area contributed by atoms with Crippen molar-refractivity contribution in [3.05, 3.63) is 35.9 Å². The van der Waals surface area contributed by atoms with Crippen LogP contribution in [0.15, 0.2) is 35.3 Å². The Hall–Kier alpha value is -0.840. The van der Waals surface area contributed by atoms with Crippen molar-refractivity contribution >= 4 is 11.8 Å². The molecule has 0 amide bonds. The molecule has 0 atom stereocenters. The van der Waals surface area contributed by atoms with Gasteiger partial charge in [0.25, 0.3) is 0 Å². The molecule has 4 nitrogen and oxygen atoms in total. The zero-order valence-corrected chi connectivity index (χ0v) is 9.93. The molecule has 0 aliphatic carbocycles. The van der Waals surface area contributed by atoms with E-state index in [1.54, 1.807) is 24.3 Å². The molecule has 0 radical (unpaired) electrons. The maximum atomic E-state index is 10.1. The molecule has 0 aromatic heterocycles. The van der Waals surface area contributed by atoms with Crippen LogP contribution in [0.25, 0.3) is 0 Å². The first kappa shape index (κ1) is 13.2. The van der Waals surface area contributed by atoms with Crippen LogP contribution < -0.4 is 40.4 Å². The molecule has 5 heteroatoms. The Labute approximate surface area is 104 Å². The number of hydrogen-bond acceptors (Lipinski definition) is 3. The summed E-state index contributed by atoms with van der Waals surface area (Å²) in [5.74, 6) is -1.02. The van der Waals surface area contributed by atoms with Gasteiger partial charge in [-0.05, 0) is 0 Å². The number of carbonyl (C=O) groups excluding carboxylic acids is 1. The van der Waals surface area contributed by atoms with Crippen molar-refractivity contribution in [2.24, 2.45) is 10.7 Å². The molecule has 0 unspecified atom stereocenters. The fraction of sp³-hybridized carbons (Fsp3) is 0.111. The summed E-state index contributed by atoms with van der Waals surface area (Å²) < 4.78 is 0. The normalized spacial score (nSPS) is 10.4. The molecule has 0 saturated carbocycles. The maximum absolute atomic E-state index is 10.1. The van der Waals surface area contributed by atoms with Gasteiger partial charge in [0.05, 0.1) is 12.5 Å². The molecular weight excluding hydrogens is 191 g/mol. The summed E-state index contributed by atoms with van der Waals surface area (Å²) in [5.41, 5.74) is 6.21. The fourth-order valence-electron chi connectivity index (χ4n) is 0.850. The van der Waals surface area contributed by atoms with E-state index in [1.807, 2.05) is 6.07 Å². The van der Waals surface area contributed by atoms with E-state index in [0.717, 1.165) is 0 Å². The van der Waals surface area contributed by atoms with E-state index >= 15 is 0 Å². The molecule has 68 valence electrons. The van der Waals surface area contributed by atoms with Crippen LogP contribution in [0.2, 0.25) is 0 Å². The number of amidine groups is 1. The third-order valence-electron chi connectivity index (χ3n) is 1.45. The molecule has 1 aromatic rings. The Bertz CT molecular complexity index is 325. The van der Waals surface area contributed by atoms with E-state index in [4.69, 9.17) is 5.73 Å². The molecule has 0 saturated heterocycles. The van der Waals surface area contributed by atoms with Crippen LogP contribution in [0, 0.1) is 0 Å². The van der Waals surface area contributed by atoms with Crippen molar-refractivity contribution < 1.29 is 39.5 Å². The van der Waals surface area contributed by atoms with Crippen molar-refractivity contribution in [1.29, 1.82) is 0 Å². The molecule has 1 rings (SSSR count). The zero-order valence-electron chi connectivity index (χ0n) is 7.93. The Morgan fingerprint density at radius 2 is 1.93 bits per heavy atom.